The number of fused-ring (bicyclic) bond motifs is 4. The van der Waals surface area contributed by atoms with Crippen LogP contribution in [0, 0.1) is 0 Å². The molecular formula is C27H31N3O4. The first-order valence-corrected chi connectivity index (χ1v) is 11.5. The molecule has 2 aliphatic rings. The van der Waals surface area contributed by atoms with E-state index in [2.05, 4.69) is 24.0 Å². The minimum atomic E-state index is -0.124. The van der Waals surface area contributed by atoms with Gasteiger partial charge in [-0.2, -0.15) is 0 Å². The minimum absolute atomic E-state index is 0.0828. The maximum atomic E-state index is 13.0. The predicted octanol–water partition coefficient (Wildman–Crippen LogP) is 4.05. The molecule has 7 heteroatoms. The predicted molar refractivity (Wildman–Crippen MR) is 133 cm³/mol. The molecule has 0 radical (unpaired) electrons. The molecule has 34 heavy (non-hydrogen) atoms. The van der Waals surface area contributed by atoms with Crippen LogP contribution < -0.4 is 14.8 Å². The lowest BCUT2D eigenvalue weighted by Gasteiger charge is -2.27. The van der Waals surface area contributed by atoms with Crippen molar-refractivity contribution in [3.05, 3.63) is 71.4 Å². The van der Waals surface area contributed by atoms with Crippen LogP contribution in [0.15, 0.2) is 54.6 Å². The standard InChI is InChI=1S/C23H23N3O4.C4H8/c1-29-18-3-4-19-17(11-18)12-20-23(28)25(14-22(27)26(19)20)8-7-24-13-15-2-5-21-16(10-15)6-9-30-21;1-4(2)3/h2-5,10-12,24H,6-9,13-14H2,1H3;1H2,2-3H3. The largest absolute Gasteiger partial charge is 0.497 e. The van der Waals surface area contributed by atoms with E-state index in [1.807, 2.05) is 32.0 Å². The van der Waals surface area contributed by atoms with Gasteiger partial charge in [-0.05, 0) is 55.3 Å². The van der Waals surface area contributed by atoms with Crippen molar-refractivity contribution in [1.82, 2.24) is 14.8 Å². The van der Waals surface area contributed by atoms with E-state index >= 15 is 0 Å². The van der Waals surface area contributed by atoms with E-state index in [0.717, 1.165) is 29.7 Å². The van der Waals surface area contributed by atoms with Crippen LogP contribution in [0.3, 0.4) is 0 Å². The molecule has 0 saturated heterocycles. The number of aromatic nitrogens is 1. The Hall–Kier alpha value is -3.58. The number of benzene rings is 2. The van der Waals surface area contributed by atoms with Crippen molar-refractivity contribution in [2.45, 2.75) is 26.8 Å². The van der Waals surface area contributed by atoms with E-state index in [9.17, 15) is 9.59 Å². The first-order chi connectivity index (χ1) is 16.4. The van der Waals surface area contributed by atoms with Gasteiger partial charge in [0.25, 0.3) is 11.8 Å². The highest BCUT2D eigenvalue weighted by Crippen LogP contribution is 2.28. The van der Waals surface area contributed by atoms with Crippen LogP contribution in [0.1, 0.15) is 40.3 Å². The molecule has 0 bridgehead atoms. The molecule has 3 heterocycles. The number of rotatable bonds is 6. The van der Waals surface area contributed by atoms with E-state index in [1.54, 1.807) is 24.1 Å². The van der Waals surface area contributed by atoms with Gasteiger partial charge >= 0.3 is 0 Å². The van der Waals surface area contributed by atoms with Crippen LogP contribution >= 0.6 is 0 Å². The number of nitrogens with one attached hydrogen (secondary N) is 1. The summed E-state index contributed by atoms with van der Waals surface area (Å²) in [4.78, 5) is 27.3. The number of amides is 1. The second kappa shape index (κ2) is 10.1. The monoisotopic (exact) mass is 461 g/mol. The average Bonchev–Trinajstić information content (AvgIpc) is 3.43. The molecular weight excluding hydrogens is 430 g/mol. The second-order valence-electron chi connectivity index (χ2n) is 8.83. The number of carbonyl (C=O) groups excluding carboxylic acids is 2. The van der Waals surface area contributed by atoms with E-state index in [-0.39, 0.29) is 18.4 Å². The molecule has 7 nitrogen and oxygen atoms in total. The van der Waals surface area contributed by atoms with Crippen LogP contribution in [0.5, 0.6) is 11.5 Å². The summed E-state index contributed by atoms with van der Waals surface area (Å²) in [6.07, 6.45) is 0.952. The number of allylic oxidation sites excluding steroid dienone is 1. The van der Waals surface area contributed by atoms with E-state index < -0.39 is 0 Å². The minimum Gasteiger partial charge on any atom is -0.497 e. The summed E-state index contributed by atoms with van der Waals surface area (Å²) >= 11 is 0. The maximum absolute atomic E-state index is 13.0. The highest BCUT2D eigenvalue weighted by atomic mass is 16.5. The van der Waals surface area contributed by atoms with E-state index in [1.165, 1.54) is 21.3 Å². The third-order valence-corrected chi connectivity index (χ3v) is 5.73. The number of hydrogen-bond donors (Lipinski definition) is 1. The highest BCUT2D eigenvalue weighted by Gasteiger charge is 2.31. The molecule has 0 fully saturated rings. The molecule has 2 aliphatic heterocycles. The first-order valence-electron chi connectivity index (χ1n) is 11.5. The lowest BCUT2D eigenvalue weighted by atomic mass is 10.1. The summed E-state index contributed by atoms with van der Waals surface area (Å²) in [5.41, 5.74) is 4.75. The Morgan fingerprint density at radius 3 is 2.71 bits per heavy atom. The van der Waals surface area contributed by atoms with Gasteiger partial charge in [-0.15, -0.1) is 6.58 Å². The second-order valence-corrected chi connectivity index (χ2v) is 8.83. The van der Waals surface area contributed by atoms with Crippen molar-refractivity contribution >= 4 is 22.7 Å². The summed E-state index contributed by atoms with van der Waals surface area (Å²) in [6, 6.07) is 13.5. The number of ether oxygens (including phenoxy) is 2. The number of nitrogens with zero attached hydrogens (tertiary/aromatic N) is 2. The fourth-order valence-electron chi connectivity index (χ4n) is 4.19. The number of hydrogen-bond acceptors (Lipinski definition) is 5. The summed E-state index contributed by atoms with van der Waals surface area (Å²) in [7, 11) is 1.60. The van der Waals surface area contributed by atoms with Crippen LogP contribution in [0.2, 0.25) is 0 Å². The molecule has 2 aromatic carbocycles. The van der Waals surface area contributed by atoms with Crippen LogP contribution in [-0.2, 0) is 13.0 Å². The Morgan fingerprint density at radius 2 is 1.94 bits per heavy atom. The van der Waals surface area contributed by atoms with Crippen molar-refractivity contribution < 1.29 is 19.1 Å². The summed E-state index contributed by atoms with van der Waals surface area (Å²) in [6.45, 7) is 10.1. The third kappa shape index (κ3) is 4.99. The molecule has 0 saturated carbocycles. The molecule has 1 N–H and O–H groups in total. The smallest absolute Gasteiger partial charge is 0.271 e. The molecule has 1 aromatic heterocycles. The SMILES string of the molecule is C=C(C)C.COc1ccc2c(c1)cc1n2C(=O)CN(CCNCc2ccc3c(c2)CCO3)C1=O. The fourth-order valence-corrected chi connectivity index (χ4v) is 4.19. The summed E-state index contributed by atoms with van der Waals surface area (Å²) in [5, 5.41) is 4.20. The Balaban J connectivity index is 0.000000636. The van der Waals surface area contributed by atoms with Gasteiger partial charge in [0.15, 0.2) is 0 Å². The molecule has 0 aliphatic carbocycles. The molecule has 0 spiro atoms. The van der Waals surface area contributed by atoms with Crippen LogP contribution in [0.25, 0.3) is 10.9 Å². The average molecular weight is 462 g/mol. The summed E-state index contributed by atoms with van der Waals surface area (Å²) in [5.74, 6) is 1.46. The normalized spacial score (nSPS) is 14.3. The Morgan fingerprint density at radius 1 is 1.15 bits per heavy atom. The molecule has 1 amide bonds. The van der Waals surface area contributed by atoms with Crippen molar-refractivity contribution in [2.24, 2.45) is 0 Å². The Bertz CT molecular complexity index is 1240. The van der Waals surface area contributed by atoms with Crippen molar-refractivity contribution in [2.75, 3.05) is 33.4 Å². The highest BCUT2D eigenvalue weighted by molar-refractivity contribution is 6.09. The zero-order chi connectivity index (χ0) is 24.2. The van der Waals surface area contributed by atoms with E-state index in [4.69, 9.17) is 9.47 Å². The van der Waals surface area contributed by atoms with Crippen LogP contribution in [0.4, 0.5) is 0 Å². The molecule has 0 unspecified atom stereocenters. The van der Waals surface area contributed by atoms with Crippen molar-refractivity contribution in [3.63, 3.8) is 0 Å². The van der Waals surface area contributed by atoms with Gasteiger partial charge in [0.1, 0.15) is 23.7 Å². The molecule has 178 valence electrons. The van der Waals surface area contributed by atoms with Crippen LogP contribution in [-0.4, -0.2) is 54.6 Å². The van der Waals surface area contributed by atoms with Gasteiger partial charge in [0.05, 0.1) is 19.2 Å². The van der Waals surface area contributed by atoms with Gasteiger partial charge in [0, 0.05) is 31.4 Å². The zero-order valence-corrected chi connectivity index (χ0v) is 20.0. The van der Waals surface area contributed by atoms with Gasteiger partial charge < -0.3 is 19.7 Å². The third-order valence-electron chi connectivity index (χ3n) is 5.73. The lowest BCUT2D eigenvalue weighted by molar-refractivity contribution is 0.0625. The van der Waals surface area contributed by atoms with Crippen molar-refractivity contribution in [3.8, 4) is 11.5 Å². The molecule has 0 atom stereocenters. The van der Waals surface area contributed by atoms with Gasteiger partial charge in [-0.1, -0.05) is 17.7 Å². The maximum Gasteiger partial charge on any atom is 0.271 e. The molecule has 3 aromatic rings. The Kier molecular flexibility index (Phi) is 7.03. The lowest BCUT2D eigenvalue weighted by Crippen LogP contribution is -2.46. The van der Waals surface area contributed by atoms with Gasteiger partial charge in [-0.25, -0.2) is 0 Å². The summed E-state index contributed by atoms with van der Waals surface area (Å²) < 4.78 is 12.3. The van der Waals surface area contributed by atoms with Crippen molar-refractivity contribution in [1.29, 1.82) is 0 Å². The Labute approximate surface area is 199 Å². The topological polar surface area (TPSA) is 72.8 Å². The van der Waals surface area contributed by atoms with E-state index in [0.29, 0.717) is 31.1 Å². The number of carbonyl (C=O) groups is 2. The first kappa shape index (κ1) is 23.6. The fraction of sp³-hybridized carbons (Fsp3) is 0.333. The molecule has 5 rings (SSSR count). The number of methoxy groups -OCH3 is 1. The quantitative estimate of drug-likeness (QED) is 0.443. The van der Waals surface area contributed by atoms with Gasteiger partial charge in [-0.3, -0.25) is 14.2 Å². The zero-order valence-electron chi connectivity index (χ0n) is 20.0. The van der Waals surface area contributed by atoms with Gasteiger partial charge in [0.2, 0.25) is 0 Å².